The monoisotopic (exact) mass is 313 g/mol. The molecule has 1 N–H and O–H groups in total. The van der Waals surface area contributed by atoms with Crippen LogP contribution in [0, 0.1) is 0 Å². The first-order valence-electron chi connectivity index (χ1n) is 7.54. The van der Waals surface area contributed by atoms with Crippen LogP contribution in [0.5, 0.6) is 0 Å². The summed E-state index contributed by atoms with van der Waals surface area (Å²) in [5, 5.41) is 19.2. The van der Waals surface area contributed by atoms with Crippen LogP contribution in [-0.2, 0) is 6.54 Å². The molecular weight excluding hydrogens is 294 g/mol. The van der Waals surface area contributed by atoms with Crippen molar-refractivity contribution >= 4 is 0 Å². The number of nitrogens with zero attached hydrogens (tertiary/aromatic N) is 6. The summed E-state index contributed by atoms with van der Waals surface area (Å²) in [5.74, 6) is 2.21. The van der Waals surface area contributed by atoms with Gasteiger partial charge in [-0.05, 0) is 29.5 Å². The van der Waals surface area contributed by atoms with Crippen LogP contribution in [0.2, 0.25) is 0 Å². The van der Waals surface area contributed by atoms with Crippen molar-refractivity contribution in [2.75, 3.05) is 0 Å². The zero-order valence-corrected chi connectivity index (χ0v) is 13.3. The number of nitrogens with one attached hydrogen (secondary N) is 1. The first-order chi connectivity index (χ1) is 11.1. The topological polar surface area (TPSA) is 94.6 Å². The van der Waals surface area contributed by atoms with Gasteiger partial charge in [-0.25, -0.2) is 0 Å². The highest BCUT2D eigenvalue weighted by Crippen LogP contribution is 2.15. The maximum absolute atomic E-state index is 5.20. The molecule has 23 heavy (non-hydrogen) atoms. The first-order valence-corrected chi connectivity index (χ1v) is 7.54. The Bertz CT molecular complexity index is 750. The number of rotatable bonds is 6. The molecule has 0 aliphatic heterocycles. The number of hydrogen-bond acceptors (Lipinski definition) is 7. The predicted octanol–water partition coefficient (Wildman–Crippen LogP) is 2.02. The fourth-order valence-corrected chi connectivity index (χ4v) is 2.13. The van der Waals surface area contributed by atoms with E-state index in [-0.39, 0.29) is 12.0 Å². The Morgan fingerprint density at radius 3 is 2.65 bits per heavy atom. The third-order valence-electron chi connectivity index (χ3n) is 3.43. The molecule has 0 saturated carbocycles. The highest BCUT2D eigenvalue weighted by Gasteiger charge is 2.17. The zero-order chi connectivity index (χ0) is 16.2. The maximum atomic E-state index is 5.20. The molecule has 8 heteroatoms. The molecule has 0 bridgehead atoms. The van der Waals surface area contributed by atoms with Gasteiger partial charge in [0.05, 0.1) is 18.3 Å². The molecule has 0 radical (unpaired) electrons. The van der Waals surface area contributed by atoms with E-state index in [9.17, 15) is 0 Å². The summed E-state index contributed by atoms with van der Waals surface area (Å²) in [6, 6.07) is 9.71. The molecular formula is C15H19N7O. The average molecular weight is 313 g/mol. The number of tetrazole rings is 1. The van der Waals surface area contributed by atoms with Crippen LogP contribution in [0.4, 0.5) is 0 Å². The normalized spacial score (nSPS) is 12.7. The lowest BCUT2D eigenvalue weighted by Crippen LogP contribution is -2.22. The molecule has 8 nitrogen and oxygen atoms in total. The molecule has 2 heterocycles. The minimum absolute atomic E-state index is 0.0637. The fourth-order valence-electron chi connectivity index (χ4n) is 2.13. The molecule has 2 aromatic heterocycles. The van der Waals surface area contributed by atoms with Gasteiger partial charge in [-0.15, -0.1) is 5.10 Å². The lowest BCUT2D eigenvalue weighted by molar-refractivity contribution is 0.358. The van der Waals surface area contributed by atoms with Gasteiger partial charge >= 0.3 is 0 Å². The lowest BCUT2D eigenvalue weighted by Gasteiger charge is -2.12. The van der Waals surface area contributed by atoms with E-state index in [0.717, 1.165) is 11.5 Å². The fraction of sp³-hybridized carbons (Fsp3) is 0.400. The minimum Gasteiger partial charge on any atom is -0.339 e. The van der Waals surface area contributed by atoms with Crippen molar-refractivity contribution in [3.05, 3.63) is 47.9 Å². The van der Waals surface area contributed by atoms with Crippen LogP contribution >= 0.6 is 0 Å². The Morgan fingerprint density at radius 1 is 1.17 bits per heavy atom. The van der Waals surface area contributed by atoms with Crippen LogP contribution in [0.3, 0.4) is 0 Å². The van der Waals surface area contributed by atoms with Gasteiger partial charge in [-0.2, -0.15) is 9.67 Å². The summed E-state index contributed by atoms with van der Waals surface area (Å²) in [6.07, 6.45) is 0. The Hall–Kier alpha value is -2.61. The van der Waals surface area contributed by atoms with Crippen LogP contribution in [0.15, 0.2) is 34.9 Å². The molecule has 1 atom stereocenters. The van der Waals surface area contributed by atoms with E-state index >= 15 is 0 Å². The quantitative estimate of drug-likeness (QED) is 0.744. The molecule has 3 rings (SSSR count). The van der Waals surface area contributed by atoms with E-state index in [4.69, 9.17) is 4.52 Å². The smallest absolute Gasteiger partial charge is 0.229 e. The molecule has 0 fully saturated rings. The maximum Gasteiger partial charge on any atom is 0.229 e. The van der Waals surface area contributed by atoms with Crippen molar-refractivity contribution in [1.82, 2.24) is 35.7 Å². The Labute approximate surface area is 133 Å². The summed E-state index contributed by atoms with van der Waals surface area (Å²) in [4.78, 5) is 4.34. The third-order valence-corrected chi connectivity index (χ3v) is 3.43. The van der Waals surface area contributed by atoms with Gasteiger partial charge in [-0.1, -0.05) is 37.2 Å². The van der Waals surface area contributed by atoms with Gasteiger partial charge in [0.2, 0.25) is 5.89 Å². The van der Waals surface area contributed by atoms with Crippen LogP contribution in [-0.4, -0.2) is 30.3 Å². The van der Waals surface area contributed by atoms with Crippen LogP contribution in [0.25, 0.3) is 5.69 Å². The van der Waals surface area contributed by atoms with E-state index in [2.05, 4.69) is 31.0 Å². The van der Waals surface area contributed by atoms with Gasteiger partial charge in [0.1, 0.15) is 0 Å². The van der Waals surface area contributed by atoms with Crippen molar-refractivity contribution in [2.45, 2.75) is 39.3 Å². The standard InChI is InChI=1S/C15H19N7O/c1-10(2)15-17-13(19-23-15)9-16-11(3)14-18-20-21-22(14)12-7-5-4-6-8-12/h4-8,10-11,16H,9H2,1-3H3. The van der Waals surface area contributed by atoms with Crippen molar-refractivity contribution < 1.29 is 4.52 Å². The van der Waals surface area contributed by atoms with Crippen molar-refractivity contribution in [3.8, 4) is 5.69 Å². The first kappa shape index (κ1) is 15.3. The molecule has 0 saturated heterocycles. The van der Waals surface area contributed by atoms with Crippen LogP contribution in [0.1, 0.15) is 50.3 Å². The van der Waals surface area contributed by atoms with Crippen molar-refractivity contribution in [2.24, 2.45) is 0 Å². The van der Waals surface area contributed by atoms with Crippen molar-refractivity contribution in [3.63, 3.8) is 0 Å². The van der Waals surface area contributed by atoms with E-state index in [1.165, 1.54) is 0 Å². The second kappa shape index (κ2) is 6.66. The molecule has 0 aliphatic carbocycles. The number of aromatic nitrogens is 6. The van der Waals surface area contributed by atoms with E-state index in [1.54, 1.807) is 4.68 Å². The molecule has 1 aromatic carbocycles. The highest BCUT2D eigenvalue weighted by atomic mass is 16.5. The van der Waals surface area contributed by atoms with Gasteiger partial charge < -0.3 is 9.84 Å². The Kier molecular flexibility index (Phi) is 4.42. The minimum atomic E-state index is -0.0637. The third kappa shape index (κ3) is 3.42. The number of benzene rings is 1. The molecule has 1 unspecified atom stereocenters. The second-order valence-electron chi connectivity index (χ2n) is 5.59. The SMILES string of the molecule is CC(C)c1nc(CNC(C)c2nnnn2-c2ccccc2)no1. The Balaban J connectivity index is 1.69. The summed E-state index contributed by atoms with van der Waals surface area (Å²) in [6.45, 7) is 6.51. The molecule has 0 spiro atoms. The summed E-state index contributed by atoms with van der Waals surface area (Å²) >= 11 is 0. The largest absolute Gasteiger partial charge is 0.339 e. The van der Waals surface area contributed by atoms with E-state index in [0.29, 0.717) is 18.3 Å². The van der Waals surface area contributed by atoms with E-state index < -0.39 is 0 Å². The molecule has 3 aromatic rings. The predicted molar refractivity (Wildman–Crippen MR) is 82.8 cm³/mol. The zero-order valence-electron chi connectivity index (χ0n) is 13.3. The van der Waals surface area contributed by atoms with Gasteiger partial charge in [0, 0.05) is 5.92 Å². The van der Waals surface area contributed by atoms with Gasteiger partial charge in [-0.3, -0.25) is 0 Å². The van der Waals surface area contributed by atoms with Crippen LogP contribution < -0.4 is 5.32 Å². The van der Waals surface area contributed by atoms with Gasteiger partial charge in [0.25, 0.3) is 0 Å². The number of para-hydroxylation sites is 1. The van der Waals surface area contributed by atoms with Gasteiger partial charge in [0.15, 0.2) is 11.6 Å². The lowest BCUT2D eigenvalue weighted by atomic mass is 10.2. The summed E-state index contributed by atoms with van der Waals surface area (Å²) in [7, 11) is 0. The highest BCUT2D eigenvalue weighted by molar-refractivity contribution is 5.30. The number of hydrogen-bond donors (Lipinski definition) is 1. The molecule has 0 amide bonds. The second-order valence-corrected chi connectivity index (χ2v) is 5.59. The molecule has 0 aliphatic rings. The van der Waals surface area contributed by atoms with Crippen molar-refractivity contribution in [1.29, 1.82) is 0 Å². The van der Waals surface area contributed by atoms with E-state index in [1.807, 2.05) is 51.1 Å². The molecule has 120 valence electrons. The summed E-state index contributed by atoms with van der Waals surface area (Å²) in [5.41, 5.74) is 0.919. The average Bonchev–Trinajstić information content (AvgIpc) is 3.23. The summed E-state index contributed by atoms with van der Waals surface area (Å²) < 4.78 is 6.91. The Morgan fingerprint density at radius 2 is 1.96 bits per heavy atom.